The number of fused-ring (bicyclic) bond motifs is 1. The molecule has 3 rings (SSSR count). The van der Waals surface area contributed by atoms with Crippen LogP contribution in [0.25, 0.3) is 10.8 Å². The van der Waals surface area contributed by atoms with E-state index in [9.17, 15) is 13.2 Å². The number of carbonyl (C=O) groups excluding carboxylic acids is 1. The van der Waals surface area contributed by atoms with Gasteiger partial charge in [0, 0.05) is 5.56 Å². The molecule has 0 bridgehead atoms. The van der Waals surface area contributed by atoms with Crippen LogP contribution in [0.4, 0.5) is 0 Å². The zero-order chi connectivity index (χ0) is 15.3. The van der Waals surface area contributed by atoms with Crippen LogP contribution in [0.2, 0.25) is 0 Å². The fraction of sp³-hybridized carbons (Fsp3) is 0.312. The summed E-state index contributed by atoms with van der Waals surface area (Å²) in [7, 11) is -3.20. The molecule has 4 nitrogen and oxygen atoms in total. The predicted molar refractivity (Wildman–Crippen MR) is 84.7 cm³/mol. The van der Waals surface area contributed by atoms with Crippen molar-refractivity contribution in [2.45, 2.75) is 30.9 Å². The van der Waals surface area contributed by atoms with Crippen molar-refractivity contribution in [1.29, 1.82) is 0 Å². The first-order chi connectivity index (χ1) is 10.0. The summed E-state index contributed by atoms with van der Waals surface area (Å²) in [5, 5.41) is 6.81. The second-order valence-electron chi connectivity index (χ2n) is 5.18. The summed E-state index contributed by atoms with van der Waals surface area (Å²) >= 11 is 0. The number of sulfonamides is 1. The number of primary sulfonamides is 1. The van der Waals surface area contributed by atoms with Crippen molar-refractivity contribution in [3.8, 4) is 0 Å². The Labute approximate surface area is 125 Å². The van der Waals surface area contributed by atoms with Crippen LogP contribution in [0.15, 0.2) is 42.5 Å². The van der Waals surface area contributed by atoms with Gasteiger partial charge in [-0.05, 0) is 23.6 Å². The van der Waals surface area contributed by atoms with E-state index in [4.69, 9.17) is 5.14 Å². The van der Waals surface area contributed by atoms with Gasteiger partial charge in [0.15, 0.2) is 6.29 Å². The maximum Gasteiger partial charge on any atom is 0.211 e. The highest BCUT2D eigenvalue weighted by atomic mass is 32.2. The van der Waals surface area contributed by atoms with E-state index in [-0.39, 0.29) is 5.25 Å². The van der Waals surface area contributed by atoms with Crippen LogP contribution in [0.5, 0.6) is 0 Å². The number of hydrogen-bond donors (Lipinski definition) is 1. The Morgan fingerprint density at radius 2 is 1.62 bits per heavy atom. The van der Waals surface area contributed by atoms with Crippen molar-refractivity contribution >= 4 is 27.1 Å². The zero-order valence-electron chi connectivity index (χ0n) is 11.7. The molecular formula is C16H19NO3S. The molecule has 2 N–H and O–H groups in total. The highest BCUT2D eigenvalue weighted by Gasteiger charge is 2.24. The summed E-state index contributed by atoms with van der Waals surface area (Å²) in [4.78, 5) is 10.6. The summed E-state index contributed by atoms with van der Waals surface area (Å²) in [5.41, 5.74) is 0.758. The molecule has 1 aliphatic carbocycles. The highest BCUT2D eigenvalue weighted by molar-refractivity contribution is 7.89. The second kappa shape index (κ2) is 6.83. The van der Waals surface area contributed by atoms with E-state index in [2.05, 4.69) is 0 Å². The molecule has 5 heteroatoms. The average Bonchev–Trinajstić information content (AvgIpc) is 3.02. The molecule has 1 aliphatic rings. The van der Waals surface area contributed by atoms with Crippen LogP contribution in [0, 0.1) is 0 Å². The van der Waals surface area contributed by atoms with Crippen LogP contribution < -0.4 is 5.14 Å². The lowest BCUT2D eigenvalue weighted by Gasteiger charge is -2.02. The summed E-state index contributed by atoms with van der Waals surface area (Å²) < 4.78 is 21.2. The fourth-order valence-corrected chi connectivity index (χ4v) is 3.56. The standard InChI is InChI=1S/C11H8O.C5H11NO2S/c12-8-10-6-3-5-9-4-1-2-7-11(9)10;6-9(7,8)5-3-1-2-4-5/h1-8H;5H,1-4H2,(H2,6,7,8). The van der Waals surface area contributed by atoms with Gasteiger partial charge in [-0.15, -0.1) is 0 Å². The molecule has 0 amide bonds. The lowest BCUT2D eigenvalue weighted by atomic mass is 10.1. The summed E-state index contributed by atoms with van der Waals surface area (Å²) in [6.07, 6.45) is 4.45. The van der Waals surface area contributed by atoms with E-state index in [1.165, 1.54) is 0 Å². The van der Waals surface area contributed by atoms with Crippen molar-refractivity contribution < 1.29 is 13.2 Å². The van der Waals surface area contributed by atoms with Crippen LogP contribution in [0.1, 0.15) is 36.0 Å². The third-order valence-electron chi connectivity index (χ3n) is 3.72. The van der Waals surface area contributed by atoms with Crippen LogP contribution in [0.3, 0.4) is 0 Å². The first-order valence-corrected chi connectivity index (χ1v) is 8.58. The minimum atomic E-state index is -3.20. The van der Waals surface area contributed by atoms with Crippen LogP contribution in [-0.2, 0) is 10.0 Å². The quantitative estimate of drug-likeness (QED) is 0.867. The maximum absolute atomic E-state index is 10.6. The van der Waals surface area contributed by atoms with Gasteiger partial charge in [0.1, 0.15) is 0 Å². The molecule has 0 unspecified atom stereocenters. The van der Waals surface area contributed by atoms with E-state index in [0.29, 0.717) is 0 Å². The molecule has 0 saturated heterocycles. The van der Waals surface area contributed by atoms with E-state index in [1.54, 1.807) is 0 Å². The van der Waals surface area contributed by atoms with Crippen molar-refractivity contribution in [2.24, 2.45) is 5.14 Å². The first kappa shape index (κ1) is 15.7. The molecule has 0 heterocycles. The van der Waals surface area contributed by atoms with E-state index in [1.807, 2.05) is 42.5 Å². The number of hydrogen-bond acceptors (Lipinski definition) is 3. The van der Waals surface area contributed by atoms with Crippen LogP contribution in [-0.4, -0.2) is 20.0 Å². The van der Waals surface area contributed by atoms with Gasteiger partial charge in [-0.1, -0.05) is 55.3 Å². The molecule has 112 valence electrons. The molecule has 1 saturated carbocycles. The lowest BCUT2D eigenvalue weighted by Crippen LogP contribution is -2.25. The Morgan fingerprint density at radius 3 is 2.19 bits per heavy atom. The minimum absolute atomic E-state index is 0.238. The van der Waals surface area contributed by atoms with Gasteiger partial charge in [0.25, 0.3) is 0 Å². The SMILES string of the molecule is NS(=O)(=O)C1CCCC1.O=Cc1cccc2ccccc12. The topological polar surface area (TPSA) is 77.2 Å². The third kappa shape index (κ3) is 4.12. The lowest BCUT2D eigenvalue weighted by molar-refractivity contribution is 0.112. The zero-order valence-corrected chi connectivity index (χ0v) is 12.6. The number of rotatable bonds is 2. The van der Waals surface area contributed by atoms with Gasteiger partial charge in [0.05, 0.1) is 5.25 Å². The molecule has 0 aliphatic heterocycles. The van der Waals surface area contributed by atoms with E-state index < -0.39 is 10.0 Å². The van der Waals surface area contributed by atoms with Gasteiger partial charge < -0.3 is 0 Å². The number of aldehydes is 1. The molecule has 1 fully saturated rings. The van der Waals surface area contributed by atoms with Gasteiger partial charge in [-0.2, -0.15) is 0 Å². The summed E-state index contributed by atoms with van der Waals surface area (Å²) in [6, 6.07) is 13.6. The number of benzene rings is 2. The van der Waals surface area contributed by atoms with Crippen molar-refractivity contribution in [1.82, 2.24) is 0 Å². The van der Waals surface area contributed by atoms with Crippen molar-refractivity contribution in [3.63, 3.8) is 0 Å². The molecule has 2 aromatic rings. The molecule has 0 aromatic heterocycles. The summed E-state index contributed by atoms with van der Waals surface area (Å²) in [5.74, 6) is 0. The Bertz CT molecular complexity index is 714. The normalized spacial score (nSPS) is 15.5. The molecule has 0 spiro atoms. The monoisotopic (exact) mass is 305 g/mol. The molecule has 0 radical (unpaired) electrons. The summed E-state index contributed by atoms with van der Waals surface area (Å²) in [6.45, 7) is 0. The van der Waals surface area contributed by atoms with Crippen molar-refractivity contribution in [2.75, 3.05) is 0 Å². The highest BCUT2D eigenvalue weighted by Crippen LogP contribution is 2.22. The Balaban J connectivity index is 0.000000161. The number of nitrogens with two attached hydrogens (primary N) is 1. The first-order valence-electron chi connectivity index (χ1n) is 6.97. The van der Waals surface area contributed by atoms with E-state index >= 15 is 0 Å². The Kier molecular flexibility index (Phi) is 5.09. The van der Waals surface area contributed by atoms with Crippen LogP contribution >= 0.6 is 0 Å². The molecule has 21 heavy (non-hydrogen) atoms. The second-order valence-corrected chi connectivity index (χ2v) is 7.03. The van der Waals surface area contributed by atoms with Gasteiger partial charge in [-0.3, -0.25) is 4.79 Å². The Morgan fingerprint density at radius 1 is 1.00 bits per heavy atom. The maximum atomic E-state index is 10.6. The smallest absolute Gasteiger partial charge is 0.211 e. The van der Waals surface area contributed by atoms with Gasteiger partial charge >= 0.3 is 0 Å². The molecular weight excluding hydrogens is 286 g/mol. The minimum Gasteiger partial charge on any atom is -0.298 e. The Hall–Kier alpha value is -1.72. The molecule has 0 atom stereocenters. The number of carbonyl (C=O) groups is 1. The predicted octanol–water partition coefficient (Wildman–Crippen LogP) is 2.87. The van der Waals surface area contributed by atoms with Crippen molar-refractivity contribution in [3.05, 3.63) is 48.0 Å². The average molecular weight is 305 g/mol. The third-order valence-corrected chi connectivity index (χ3v) is 5.12. The largest absolute Gasteiger partial charge is 0.298 e. The van der Waals surface area contributed by atoms with E-state index in [0.717, 1.165) is 48.3 Å². The molecule has 2 aromatic carbocycles. The van der Waals surface area contributed by atoms with Gasteiger partial charge in [0.2, 0.25) is 10.0 Å². The fourth-order valence-electron chi connectivity index (χ4n) is 2.57. The van der Waals surface area contributed by atoms with Gasteiger partial charge in [-0.25, -0.2) is 13.6 Å².